The van der Waals surface area contributed by atoms with E-state index in [0.29, 0.717) is 40.1 Å². The zero-order valence-electron chi connectivity index (χ0n) is 18.2. The lowest BCUT2D eigenvalue weighted by Gasteiger charge is -2.20. The second kappa shape index (κ2) is 10.9. The van der Waals surface area contributed by atoms with Gasteiger partial charge in [0.25, 0.3) is 0 Å². The van der Waals surface area contributed by atoms with Crippen LogP contribution < -0.4 is 14.4 Å². The van der Waals surface area contributed by atoms with Gasteiger partial charge in [-0.25, -0.2) is 4.98 Å². The van der Waals surface area contributed by atoms with Crippen molar-refractivity contribution in [3.8, 4) is 11.5 Å². The molecule has 4 rings (SSSR count). The molecule has 0 saturated heterocycles. The lowest BCUT2D eigenvalue weighted by Crippen LogP contribution is -2.30. The van der Waals surface area contributed by atoms with Crippen molar-refractivity contribution in [2.75, 3.05) is 24.9 Å². The minimum absolute atomic E-state index is 0.0121. The Morgan fingerprint density at radius 2 is 1.82 bits per heavy atom. The molecule has 0 fully saturated rings. The molecule has 4 aromatic rings. The summed E-state index contributed by atoms with van der Waals surface area (Å²) >= 11 is 9.43. The first kappa shape index (κ1) is 23.4. The Hall–Kier alpha value is -2.81. The van der Waals surface area contributed by atoms with Gasteiger partial charge in [0, 0.05) is 29.5 Å². The zero-order chi connectivity index (χ0) is 23.2. The zero-order valence-corrected chi connectivity index (χ0v) is 20.5. The van der Waals surface area contributed by atoms with Gasteiger partial charge >= 0.3 is 0 Å². The number of thiazole rings is 1. The van der Waals surface area contributed by atoms with E-state index in [1.54, 1.807) is 55.4 Å². The molecule has 0 N–H and O–H groups in total. The van der Waals surface area contributed by atoms with Crippen molar-refractivity contribution < 1.29 is 14.3 Å². The van der Waals surface area contributed by atoms with Crippen LogP contribution in [0.4, 0.5) is 5.13 Å². The van der Waals surface area contributed by atoms with Crippen molar-refractivity contribution >= 4 is 56.0 Å². The van der Waals surface area contributed by atoms with Crippen LogP contribution in [0.1, 0.15) is 12.0 Å². The van der Waals surface area contributed by atoms with Gasteiger partial charge in [0.05, 0.1) is 30.5 Å². The smallest absolute Gasteiger partial charge is 0.229 e. The number of carbonyl (C=O) groups excluding carboxylic acids is 1. The van der Waals surface area contributed by atoms with Gasteiger partial charge in [-0.2, -0.15) is 0 Å². The monoisotopic (exact) mass is 499 g/mol. The Morgan fingerprint density at radius 3 is 2.52 bits per heavy atom. The molecule has 9 heteroatoms. The first-order valence-corrected chi connectivity index (χ1v) is 12.4. The summed E-state index contributed by atoms with van der Waals surface area (Å²) in [4.78, 5) is 24.9. The number of thioether (sulfide) groups is 1. The van der Waals surface area contributed by atoms with Crippen LogP contribution in [0.25, 0.3) is 10.2 Å². The van der Waals surface area contributed by atoms with E-state index in [1.807, 2.05) is 36.4 Å². The van der Waals surface area contributed by atoms with Crippen LogP contribution >= 0.6 is 34.7 Å². The number of ether oxygens (including phenoxy) is 2. The third-order valence-corrected chi connectivity index (χ3v) is 7.49. The number of anilines is 1. The van der Waals surface area contributed by atoms with Gasteiger partial charge in [0.1, 0.15) is 17.0 Å². The van der Waals surface area contributed by atoms with Crippen LogP contribution in [0.5, 0.6) is 11.5 Å². The highest BCUT2D eigenvalue weighted by Crippen LogP contribution is 2.39. The second-order valence-electron chi connectivity index (χ2n) is 7.03. The fraction of sp³-hybridized carbons (Fsp3) is 0.208. The summed E-state index contributed by atoms with van der Waals surface area (Å²) in [5.74, 6) is 2.07. The summed E-state index contributed by atoms with van der Waals surface area (Å²) in [6.07, 6.45) is 3.80. The molecule has 0 atom stereocenters. The SMILES string of the molecule is COc1ccc(SCCC(=O)N(Cc2ccncc2)c2nc3c(OC)ccc(Cl)c3s2)cc1. The molecular weight excluding hydrogens is 478 g/mol. The summed E-state index contributed by atoms with van der Waals surface area (Å²) < 4.78 is 11.4. The van der Waals surface area contributed by atoms with Crippen molar-refractivity contribution in [2.45, 2.75) is 17.9 Å². The van der Waals surface area contributed by atoms with Gasteiger partial charge in [-0.1, -0.05) is 22.9 Å². The molecule has 0 spiro atoms. The number of nitrogens with zero attached hydrogens (tertiary/aromatic N) is 3. The normalized spacial score (nSPS) is 10.9. The van der Waals surface area contributed by atoms with E-state index in [2.05, 4.69) is 4.98 Å². The van der Waals surface area contributed by atoms with E-state index >= 15 is 0 Å². The summed E-state index contributed by atoms with van der Waals surface area (Å²) in [5.41, 5.74) is 1.63. The molecule has 2 aromatic heterocycles. The van der Waals surface area contributed by atoms with Gasteiger partial charge in [0.15, 0.2) is 5.13 Å². The summed E-state index contributed by atoms with van der Waals surface area (Å²) in [6.45, 7) is 0.397. The molecule has 0 aliphatic rings. The Balaban J connectivity index is 1.56. The molecule has 1 amide bonds. The maximum absolute atomic E-state index is 13.3. The Kier molecular flexibility index (Phi) is 7.69. The highest BCUT2D eigenvalue weighted by atomic mass is 35.5. The molecule has 33 heavy (non-hydrogen) atoms. The molecule has 2 heterocycles. The third kappa shape index (κ3) is 5.58. The molecule has 6 nitrogen and oxygen atoms in total. The molecule has 170 valence electrons. The molecule has 2 aromatic carbocycles. The van der Waals surface area contributed by atoms with Crippen LogP contribution in [0, 0.1) is 0 Å². The number of fused-ring (bicyclic) bond motifs is 1. The molecule has 0 unspecified atom stereocenters. The predicted molar refractivity (Wildman–Crippen MR) is 135 cm³/mol. The minimum Gasteiger partial charge on any atom is -0.497 e. The van der Waals surface area contributed by atoms with E-state index in [0.717, 1.165) is 20.9 Å². The highest BCUT2D eigenvalue weighted by Gasteiger charge is 2.22. The average Bonchev–Trinajstić information content (AvgIpc) is 3.30. The van der Waals surface area contributed by atoms with Crippen LogP contribution in [0.15, 0.2) is 65.8 Å². The van der Waals surface area contributed by atoms with Crippen molar-refractivity contribution in [3.63, 3.8) is 0 Å². The number of halogens is 1. The van der Waals surface area contributed by atoms with Gasteiger partial charge in [0.2, 0.25) is 5.91 Å². The molecule has 0 saturated carbocycles. The summed E-state index contributed by atoms with van der Waals surface area (Å²) in [6, 6.07) is 15.2. The number of pyridine rings is 1. The van der Waals surface area contributed by atoms with Gasteiger partial charge in [-0.3, -0.25) is 14.7 Å². The number of benzene rings is 2. The first-order chi connectivity index (χ1) is 16.1. The Morgan fingerprint density at radius 1 is 1.06 bits per heavy atom. The third-order valence-electron chi connectivity index (χ3n) is 4.93. The molecule has 0 aliphatic carbocycles. The standard InChI is InChI=1S/C24H22ClN3O3S2/c1-30-17-3-5-18(6-4-17)32-14-11-21(29)28(15-16-9-12-26-13-10-16)24-27-22-20(31-2)8-7-19(25)23(22)33-24/h3-10,12-13H,11,14-15H2,1-2H3. The van der Waals surface area contributed by atoms with Crippen molar-refractivity contribution in [1.82, 2.24) is 9.97 Å². The predicted octanol–water partition coefficient (Wildman–Crippen LogP) is 6.08. The van der Waals surface area contributed by atoms with Crippen molar-refractivity contribution in [2.24, 2.45) is 0 Å². The Labute approximate surface area is 205 Å². The van der Waals surface area contributed by atoms with Crippen molar-refractivity contribution in [1.29, 1.82) is 0 Å². The first-order valence-electron chi connectivity index (χ1n) is 10.2. The minimum atomic E-state index is -0.0121. The molecule has 0 radical (unpaired) electrons. The van der Waals surface area contributed by atoms with Crippen LogP contribution in [0.2, 0.25) is 5.02 Å². The molecule has 0 bridgehead atoms. The van der Waals surface area contributed by atoms with Crippen molar-refractivity contribution in [3.05, 3.63) is 71.5 Å². The van der Waals surface area contributed by atoms with E-state index in [-0.39, 0.29) is 5.91 Å². The van der Waals surface area contributed by atoms with E-state index < -0.39 is 0 Å². The van der Waals surface area contributed by atoms with E-state index in [1.165, 1.54) is 11.3 Å². The number of hydrogen-bond acceptors (Lipinski definition) is 7. The number of methoxy groups -OCH3 is 2. The highest BCUT2D eigenvalue weighted by molar-refractivity contribution is 7.99. The van der Waals surface area contributed by atoms with Crippen LogP contribution in [-0.4, -0.2) is 35.8 Å². The topological polar surface area (TPSA) is 64.5 Å². The maximum Gasteiger partial charge on any atom is 0.229 e. The number of rotatable bonds is 9. The summed E-state index contributed by atoms with van der Waals surface area (Å²) in [5, 5.41) is 1.17. The summed E-state index contributed by atoms with van der Waals surface area (Å²) in [7, 11) is 3.24. The lowest BCUT2D eigenvalue weighted by molar-refractivity contribution is -0.118. The fourth-order valence-electron chi connectivity index (χ4n) is 3.22. The number of carbonyl (C=O) groups is 1. The number of amides is 1. The second-order valence-corrected chi connectivity index (χ2v) is 9.59. The average molecular weight is 500 g/mol. The van der Waals surface area contributed by atoms with Gasteiger partial charge in [-0.15, -0.1) is 11.8 Å². The largest absolute Gasteiger partial charge is 0.497 e. The fourth-order valence-corrected chi connectivity index (χ4v) is 5.33. The van der Waals surface area contributed by atoms with Crippen LogP contribution in [-0.2, 0) is 11.3 Å². The lowest BCUT2D eigenvalue weighted by atomic mass is 10.2. The van der Waals surface area contributed by atoms with E-state index in [4.69, 9.17) is 26.1 Å². The molecular formula is C24H22ClN3O3S2. The maximum atomic E-state index is 13.3. The van der Waals surface area contributed by atoms with Crippen LogP contribution in [0.3, 0.4) is 0 Å². The Bertz CT molecular complexity index is 1230. The van der Waals surface area contributed by atoms with Gasteiger partial charge < -0.3 is 9.47 Å². The number of hydrogen-bond donors (Lipinski definition) is 0. The van der Waals surface area contributed by atoms with Gasteiger partial charge in [-0.05, 0) is 54.1 Å². The number of aromatic nitrogens is 2. The quantitative estimate of drug-likeness (QED) is 0.260. The van der Waals surface area contributed by atoms with E-state index in [9.17, 15) is 4.79 Å². The molecule has 0 aliphatic heterocycles.